The maximum Gasteiger partial charge on any atom is 0.215 e. The van der Waals surface area contributed by atoms with E-state index in [1.54, 1.807) is 7.11 Å². The van der Waals surface area contributed by atoms with Gasteiger partial charge in [-0.1, -0.05) is 24.3 Å². The van der Waals surface area contributed by atoms with Crippen LogP contribution in [0.3, 0.4) is 0 Å². The minimum Gasteiger partial charge on any atom is -0.497 e. The number of para-hydroxylation sites is 1. The van der Waals surface area contributed by atoms with Gasteiger partial charge in [0, 0.05) is 11.8 Å². The molecule has 5 heteroatoms. The molecule has 0 bridgehead atoms. The molecule has 2 aromatic rings. The fourth-order valence-electron chi connectivity index (χ4n) is 1.57. The number of methoxy groups -OCH3 is 1. The molecule has 2 rings (SSSR count). The Bertz CT molecular complexity index is 554. The number of rotatable bonds is 3. The highest BCUT2D eigenvalue weighted by molar-refractivity contribution is 5.95. The van der Waals surface area contributed by atoms with Gasteiger partial charge in [0.1, 0.15) is 5.75 Å². The number of benzene rings is 2. The number of nitrogens with one attached hydrogen (secondary N) is 2. The van der Waals surface area contributed by atoms with Crippen molar-refractivity contribution < 1.29 is 4.74 Å². The van der Waals surface area contributed by atoms with Crippen molar-refractivity contribution in [1.82, 2.24) is 5.43 Å². The van der Waals surface area contributed by atoms with Gasteiger partial charge in [0.15, 0.2) is 0 Å². The van der Waals surface area contributed by atoms with Gasteiger partial charge in [-0.2, -0.15) is 0 Å². The Balaban J connectivity index is 2.17. The van der Waals surface area contributed by atoms with Gasteiger partial charge in [-0.25, -0.2) is 10.8 Å². The zero-order valence-corrected chi connectivity index (χ0v) is 10.6. The quantitative estimate of drug-likeness (QED) is 0.341. The van der Waals surface area contributed by atoms with Crippen molar-refractivity contribution in [3.8, 4) is 5.75 Å². The highest BCUT2D eigenvalue weighted by Gasteiger charge is 2.00. The van der Waals surface area contributed by atoms with Crippen LogP contribution in [0.2, 0.25) is 0 Å². The molecule has 0 radical (unpaired) electrons. The number of nitrogens with zero attached hydrogens (tertiary/aromatic N) is 1. The number of hydrogen-bond donors (Lipinski definition) is 3. The number of aliphatic imine (C=N–C) groups is 1. The largest absolute Gasteiger partial charge is 0.497 e. The lowest BCUT2D eigenvalue weighted by Gasteiger charge is -2.10. The Kier molecular flexibility index (Phi) is 4.36. The zero-order valence-electron chi connectivity index (χ0n) is 10.6. The lowest BCUT2D eigenvalue weighted by Crippen LogP contribution is -2.35. The van der Waals surface area contributed by atoms with Gasteiger partial charge in [0.05, 0.1) is 12.8 Å². The molecule has 0 aromatic heterocycles. The molecule has 0 saturated carbocycles. The maximum absolute atomic E-state index is 5.46. The minimum atomic E-state index is 0.458. The monoisotopic (exact) mass is 256 g/mol. The predicted molar refractivity (Wildman–Crippen MR) is 77.5 cm³/mol. The molecule has 0 aliphatic heterocycles. The standard InChI is InChI=1S/C14H16N4O/c1-19-13-9-5-8-12(10-13)17-14(18-15)16-11-6-3-2-4-7-11/h2-10H,15H2,1H3,(H2,16,17,18). The van der Waals surface area contributed by atoms with E-state index in [4.69, 9.17) is 10.6 Å². The van der Waals surface area contributed by atoms with Crippen LogP contribution in [0.25, 0.3) is 0 Å². The first-order valence-corrected chi connectivity index (χ1v) is 5.83. The van der Waals surface area contributed by atoms with Gasteiger partial charge in [0.25, 0.3) is 0 Å². The van der Waals surface area contributed by atoms with E-state index < -0.39 is 0 Å². The van der Waals surface area contributed by atoms with Crippen molar-refractivity contribution in [3.05, 3.63) is 54.6 Å². The molecule has 0 atom stereocenters. The van der Waals surface area contributed by atoms with E-state index >= 15 is 0 Å². The number of nitrogens with two attached hydrogens (primary N) is 1. The van der Waals surface area contributed by atoms with Crippen molar-refractivity contribution in [2.24, 2.45) is 10.8 Å². The van der Waals surface area contributed by atoms with Crippen LogP contribution >= 0.6 is 0 Å². The van der Waals surface area contributed by atoms with Crippen LogP contribution in [-0.2, 0) is 0 Å². The van der Waals surface area contributed by atoms with Crippen LogP contribution in [0.1, 0.15) is 0 Å². The van der Waals surface area contributed by atoms with Gasteiger partial charge in [0.2, 0.25) is 5.96 Å². The average Bonchev–Trinajstić information content (AvgIpc) is 2.48. The third kappa shape index (κ3) is 3.72. The van der Waals surface area contributed by atoms with Crippen LogP contribution in [0, 0.1) is 0 Å². The minimum absolute atomic E-state index is 0.458. The van der Waals surface area contributed by atoms with Crippen LogP contribution in [0.5, 0.6) is 5.75 Å². The lowest BCUT2D eigenvalue weighted by molar-refractivity contribution is 0.415. The molecule has 0 heterocycles. The summed E-state index contributed by atoms with van der Waals surface area (Å²) in [5.41, 5.74) is 4.19. The summed E-state index contributed by atoms with van der Waals surface area (Å²) >= 11 is 0. The number of anilines is 1. The summed E-state index contributed by atoms with van der Waals surface area (Å²) < 4.78 is 5.16. The maximum atomic E-state index is 5.46. The number of guanidine groups is 1. The molecule has 0 aliphatic rings. The summed E-state index contributed by atoms with van der Waals surface area (Å²) in [6.45, 7) is 0. The third-order valence-electron chi connectivity index (χ3n) is 2.47. The number of ether oxygens (including phenoxy) is 1. The van der Waals surface area contributed by atoms with Crippen LogP contribution in [0.15, 0.2) is 59.6 Å². The van der Waals surface area contributed by atoms with Crippen LogP contribution in [-0.4, -0.2) is 13.1 Å². The molecule has 0 amide bonds. The first-order valence-electron chi connectivity index (χ1n) is 5.83. The summed E-state index contributed by atoms with van der Waals surface area (Å²) in [7, 11) is 1.62. The summed E-state index contributed by atoms with van der Waals surface area (Å²) in [6, 6.07) is 17.1. The molecule has 2 aromatic carbocycles. The molecule has 0 unspecified atom stereocenters. The molecular weight excluding hydrogens is 240 g/mol. The number of hydrogen-bond acceptors (Lipinski definition) is 3. The second kappa shape index (κ2) is 6.42. The van der Waals surface area contributed by atoms with Crippen molar-refractivity contribution >= 4 is 17.3 Å². The van der Waals surface area contributed by atoms with E-state index in [1.807, 2.05) is 54.6 Å². The van der Waals surface area contributed by atoms with E-state index in [0.717, 1.165) is 17.1 Å². The molecule has 0 aliphatic carbocycles. The Labute approximate surface area is 112 Å². The lowest BCUT2D eigenvalue weighted by atomic mass is 10.3. The van der Waals surface area contributed by atoms with Crippen molar-refractivity contribution in [2.45, 2.75) is 0 Å². The zero-order chi connectivity index (χ0) is 13.5. The molecule has 0 saturated heterocycles. The summed E-state index contributed by atoms with van der Waals surface area (Å²) in [4.78, 5) is 4.36. The molecule has 0 fully saturated rings. The van der Waals surface area contributed by atoms with Gasteiger partial charge >= 0.3 is 0 Å². The summed E-state index contributed by atoms with van der Waals surface area (Å²) in [5.74, 6) is 6.69. The number of hydrazine groups is 1. The normalized spacial score (nSPS) is 10.9. The highest BCUT2D eigenvalue weighted by atomic mass is 16.5. The third-order valence-corrected chi connectivity index (χ3v) is 2.47. The topological polar surface area (TPSA) is 71.7 Å². The second-order valence-corrected chi connectivity index (χ2v) is 3.80. The highest BCUT2D eigenvalue weighted by Crippen LogP contribution is 2.17. The van der Waals surface area contributed by atoms with Crippen molar-refractivity contribution in [3.63, 3.8) is 0 Å². The van der Waals surface area contributed by atoms with E-state index in [2.05, 4.69) is 15.7 Å². The van der Waals surface area contributed by atoms with E-state index in [-0.39, 0.29) is 0 Å². The Morgan fingerprint density at radius 2 is 1.89 bits per heavy atom. The van der Waals surface area contributed by atoms with Crippen LogP contribution < -0.4 is 21.3 Å². The Morgan fingerprint density at radius 1 is 1.11 bits per heavy atom. The fraction of sp³-hybridized carbons (Fsp3) is 0.0714. The van der Waals surface area contributed by atoms with Crippen molar-refractivity contribution in [1.29, 1.82) is 0 Å². The molecule has 19 heavy (non-hydrogen) atoms. The summed E-state index contributed by atoms with van der Waals surface area (Å²) in [6.07, 6.45) is 0. The first kappa shape index (κ1) is 12.9. The Hall–Kier alpha value is -2.53. The van der Waals surface area contributed by atoms with Gasteiger partial charge in [-0.05, 0) is 24.3 Å². The summed E-state index contributed by atoms with van der Waals surface area (Å²) in [5, 5.41) is 3.09. The Morgan fingerprint density at radius 3 is 2.58 bits per heavy atom. The molecule has 4 N–H and O–H groups in total. The van der Waals surface area contributed by atoms with E-state index in [1.165, 1.54) is 0 Å². The van der Waals surface area contributed by atoms with Crippen LogP contribution in [0.4, 0.5) is 11.4 Å². The molecule has 98 valence electrons. The van der Waals surface area contributed by atoms with Gasteiger partial charge in [-0.3, -0.25) is 5.43 Å². The first-order chi connectivity index (χ1) is 9.31. The molecular formula is C14H16N4O. The molecule has 0 spiro atoms. The van der Waals surface area contributed by atoms with E-state index in [0.29, 0.717) is 5.96 Å². The van der Waals surface area contributed by atoms with Gasteiger partial charge < -0.3 is 10.1 Å². The average molecular weight is 256 g/mol. The fourth-order valence-corrected chi connectivity index (χ4v) is 1.57. The van der Waals surface area contributed by atoms with Gasteiger partial charge in [-0.15, -0.1) is 0 Å². The molecule has 5 nitrogen and oxygen atoms in total. The predicted octanol–water partition coefficient (Wildman–Crippen LogP) is 2.26. The SMILES string of the molecule is COc1cccc(NC(=Nc2ccccc2)NN)c1. The smallest absolute Gasteiger partial charge is 0.215 e. The van der Waals surface area contributed by atoms with E-state index in [9.17, 15) is 0 Å². The van der Waals surface area contributed by atoms with Crippen molar-refractivity contribution in [2.75, 3.05) is 12.4 Å². The second-order valence-electron chi connectivity index (χ2n) is 3.80.